The van der Waals surface area contributed by atoms with Crippen LogP contribution < -0.4 is 9.47 Å². The Bertz CT molecular complexity index is 1280. The molecule has 174 valence electrons. The van der Waals surface area contributed by atoms with Gasteiger partial charge in [-0.15, -0.1) is 0 Å². The molecule has 1 aliphatic rings. The number of benzene rings is 3. The molecule has 9 heteroatoms. The number of thioether (sulfide) groups is 1. The molecule has 0 aromatic heterocycles. The lowest BCUT2D eigenvalue weighted by Crippen LogP contribution is -2.27. The highest BCUT2D eigenvalue weighted by molar-refractivity contribution is 9.10. The monoisotopic (exact) mass is 561 g/mol. The second kappa shape index (κ2) is 10.6. The van der Waals surface area contributed by atoms with Crippen molar-refractivity contribution in [2.24, 2.45) is 0 Å². The van der Waals surface area contributed by atoms with Crippen LogP contribution in [-0.2, 0) is 17.9 Å². The number of imide groups is 1. The third kappa shape index (κ3) is 5.46. The molecule has 0 aliphatic carbocycles. The third-order valence-corrected chi connectivity index (χ3v) is 6.87. The number of hydrogen-bond acceptors (Lipinski definition) is 5. The zero-order valence-electron chi connectivity index (χ0n) is 17.9. The summed E-state index contributed by atoms with van der Waals surface area (Å²) in [5.74, 6) is 0.207. The van der Waals surface area contributed by atoms with Crippen molar-refractivity contribution in [1.82, 2.24) is 4.90 Å². The maximum absolute atomic E-state index is 13.1. The van der Waals surface area contributed by atoms with Gasteiger partial charge in [0.25, 0.3) is 11.1 Å². The Morgan fingerprint density at radius 2 is 1.85 bits per heavy atom. The van der Waals surface area contributed by atoms with E-state index in [1.54, 1.807) is 54.6 Å². The largest absolute Gasteiger partial charge is 0.493 e. The molecule has 4 rings (SSSR count). The Kier molecular flexibility index (Phi) is 7.60. The van der Waals surface area contributed by atoms with E-state index >= 15 is 0 Å². The van der Waals surface area contributed by atoms with Crippen LogP contribution in [0.1, 0.15) is 16.7 Å². The lowest BCUT2D eigenvalue weighted by atomic mass is 10.1. The topological polar surface area (TPSA) is 55.8 Å². The van der Waals surface area contributed by atoms with E-state index in [1.807, 2.05) is 0 Å². The first kappa shape index (κ1) is 24.3. The maximum atomic E-state index is 13.1. The normalized spacial score (nSPS) is 14.7. The molecular formula is C25H18BrClFNO4S. The average Bonchev–Trinajstić information content (AvgIpc) is 3.07. The molecule has 0 atom stereocenters. The molecule has 3 aromatic rings. The van der Waals surface area contributed by atoms with Crippen molar-refractivity contribution in [3.8, 4) is 11.5 Å². The Labute approximate surface area is 213 Å². The Hall–Kier alpha value is -2.81. The van der Waals surface area contributed by atoms with Gasteiger partial charge in [-0.2, -0.15) is 0 Å². The van der Waals surface area contributed by atoms with Crippen LogP contribution in [0.5, 0.6) is 11.5 Å². The number of rotatable bonds is 7. The molecule has 0 bridgehead atoms. The number of hydrogen-bond donors (Lipinski definition) is 0. The number of methoxy groups -OCH3 is 1. The van der Waals surface area contributed by atoms with Crippen LogP contribution in [0.4, 0.5) is 9.18 Å². The SMILES string of the molecule is COc1cc(/C=C2\SC(=O)N(Cc3ccccc3Cl)C2=O)cc(Br)c1OCc1ccc(F)cc1. The Balaban J connectivity index is 1.53. The van der Waals surface area contributed by atoms with Gasteiger partial charge in [-0.1, -0.05) is 41.9 Å². The van der Waals surface area contributed by atoms with E-state index in [0.29, 0.717) is 37.0 Å². The number of carbonyl (C=O) groups is 2. The molecule has 5 nitrogen and oxygen atoms in total. The Morgan fingerprint density at radius 1 is 1.12 bits per heavy atom. The predicted molar refractivity (Wildman–Crippen MR) is 134 cm³/mol. The van der Waals surface area contributed by atoms with Crippen molar-refractivity contribution in [3.05, 3.63) is 97.6 Å². The van der Waals surface area contributed by atoms with Gasteiger partial charge in [0.1, 0.15) is 12.4 Å². The van der Waals surface area contributed by atoms with Gasteiger partial charge in [0.15, 0.2) is 11.5 Å². The summed E-state index contributed by atoms with van der Waals surface area (Å²) < 4.78 is 25.1. The second-order valence-corrected chi connectivity index (χ2v) is 9.56. The molecule has 0 saturated carbocycles. The molecule has 1 fully saturated rings. The van der Waals surface area contributed by atoms with Crippen LogP contribution in [0.3, 0.4) is 0 Å². The Morgan fingerprint density at radius 3 is 2.56 bits per heavy atom. The first-order chi connectivity index (χ1) is 16.4. The highest BCUT2D eigenvalue weighted by Gasteiger charge is 2.35. The molecular weight excluding hydrogens is 545 g/mol. The van der Waals surface area contributed by atoms with Crippen LogP contribution in [0, 0.1) is 5.82 Å². The summed E-state index contributed by atoms with van der Waals surface area (Å²) >= 11 is 10.5. The lowest BCUT2D eigenvalue weighted by Gasteiger charge is -2.14. The molecule has 1 saturated heterocycles. The summed E-state index contributed by atoms with van der Waals surface area (Å²) in [5, 5.41) is 0.136. The zero-order chi connectivity index (χ0) is 24.2. The lowest BCUT2D eigenvalue weighted by molar-refractivity contribution is -0.123. The standard InChI is InChI=1S/C25H18BrClFNO4S/c1-32-21-11-16(10-19(26)23(21)33-14-15-6-8-18(28)9-7-15)12-22-24(30)29(25(31)34-22)13-17-4-2-3-5-20(17)27/h2-12H,13-14H2,1H3/b22-12-. The molecule has 0 unspecified atom stereocenters. The maximum Gasteiger partial charge on any atom is 0.293 e. The number of ether oxygens (including phenoxy) is 2. The van der Waals surface area contributed by atoms with E-state index in [0.717, 1.165) is 17.3 Å². The van der Waals surface area contributed by atoms with E-state index in [2.05, 4.69) is 15.9 Å². The highest BCUT2D eigenvalue weighted by atomic mass is 79.9. The van der Waals surface area contributed by atoms with Crippen molar-refractivity contribution in [3.63, 3.8) is 0 Å². The number of carbonyl (C=O) groups excluding carboxylic acids is 2. The summed E-state index contributed by atoms with van der Waals surface area (Å²) in [6, 6.07) is 16.6. The van der Waals surface area contributed by atoms with E-state index in [4.69, 9.17) is 21.1 Å². The van der Waals surface area contributed by atoms with Crippen molar-refractivity contribution in [2.45, 2.75) is 13.2 Å². The van der Waals surface area contributed by atoms with Gasteiger partial charge in [-0.05, 0) is 80.8 Å². The molecule has 0 radical (unpaired) electrons. The van der Waals surface area contributed by atoms with E-state index in [1.165, 1.54) is 24.1 Å². The van der Waals surface area contributed by atoms with E-state index in [-0.39, 0.29) is 30.1 Å². The van der Waals surface area contributed by atoms with Crippen LogP contribution in [0.15, 0.2) is 70.0 Å². The van der Waals surface area contributed by atoms with Crippen LogP contribution in [0.25, 0.3) is 6.08 Å². The van der Waals surface area contributed by atoms with Crippen molar-refractivity contribution >= 4 is 56.5 Å². The minimum absolute atomic E-state index is 0.102. The second-order valence-electron chi connectivity index (χ2n) is 7.31. The van der Waals surface area contributed by atoms with Gasteiger partial charge in [0.05, 0.1) is 23.0 Å². The first-order valence-electron chi connectivity index (χ1n) is 10.1. The molecule has 0 spiro atoms. The third-order valence-electron chi connectivity index (χ3n) is 5.01. The fourth-order valence-electron chi connectivity index (χ4n) is 3.28. The summed E-state index contributed by atoms with van der Waals surface area (Å²) in [7, 11) is 1.51. The molecule has 1 aliphatic heterocycles. The molecule has 3 aromatic carbocycles. The van der Waals surface area contributed by atoms with Crippen molar-refractivity contribution in [2.75, 3.05) is 7.11 Å². The summed E-state index contributed by atoms with van der Waals surface area (Å²) in [4.78, 5) is 26.9. The van der Waals surface area contributed by atoms with Gasteiger partial charge in [0, 0.05) is 5.02 Å². The van der Waals surface area contributed by atoms with Crippen LogP contribution in [-0.4, -0.2) is 23.2 Å². The van der Waals surface area contributed by atoms with E-state index in [9.17, 15) is 14.0 Å². The zero-order valence-corrected chi connectivity index (χ0v) is 21.0. The van der Waals surface area contributed by atoms with Crippen LogP contribution in [0.2, 0.25) is 5.02 Å². The first-order valence-corrected chi connectivity index (χ1v) is 12.1. The molecule has 34 heavy (non-hydrogen) atoms. The average molecular weight is 563 g/mol. The van der Waals surface area contributed by atoms with Crippen molar-refractivity contribution < 1.29 is 23.5 Å². The summed E-state index contributed by atoms with van der Waals surface area (Å²) in [5.41, 5.74) is 2.15. The molecule has 1 heterocycles. The number of amides is 2. The molecule has 2 amide bonds. The minimum atomic E-state index is -0.387. The minimum Gasteiger partial charge on any atom is -0.493 e. The van der Waals surface area contributed by atoms with Gasteiger partial charge in [-0.3, -0.25) is 14.5 Å². The summed E-state index contributed by atoms with van der Waals surface area (Å²) in [6.07, 6.45) is 1.63. The smallest absolute Gasteiger partial charge is 0.293 e. The quantitative estimate of drug-likeness (QED) is 0.288. The number of nitrogens with zero attached hydrogens (tertiary/aromatic N) is 1. The highest BCUT2D eigenvalue weighted by Crippen LogP contribution is 2.40. The molecule has 0 N–H and O–H groups in total. The fourth-order valence-corrected chi connectivity index (χ4v) is 4.89. The van der Waals surface area contributed by atoms with Gasteiger partial charge in [0.2, 0.25) is 0 Å². The van der Waals surface area contributed by atoms with E-state index < -0.39 is 0 Å². The van der Waals surface area contributed by atoms with Crippen molar-refractivity contribution in [1.29, 1.82) is 0 Å². The summed E-state index contributed by atoms with van der Waals surface area (Å²) in [6.45, 7) is 0.320. The predicted octanol–water partition coefficient (Wildman–Crippen LogP) is 7.07. The number of halogens is 3. The van der Waals surface area contributed by atoms with Gasteiger partial charge < -0.3 is 9.47 Å². The van der Waals surface area contributed by atoms with Crippen LogP contribution >= 0.6 is 39.3 Å². The fraction of sp³-hybridized carbons (Fsp3) is 0.120. The van der Waals surface area contributed by atoms with Gasteiger partial charge in [-0.25, -0.2) is 4.39 Å². The van der Waals surface area contributed by atoms with Gasteiger partial charge >= 0.3 is 0 Å².